The van der Waals surface area contributed by atoms with Crippen LogP contribution in [0, 0.1) is 5.92 Å². The van der Waals surface area contributed by atoms with Gasteiger partial charge in [-0.15, -0.1) is 0 Å². The van der Waals surface area contributed by atoms with Crippen molar-refractivity contribution < 1.29 is 19.2 Å². The van der Waals surface area contributed by atoms with Gasteiger partial charge in [0.2, 0.25) is 23.6 Å². The zero-order valence-corrected chi connectivity index (χ0v) is 23.0. The summed E-state index contributed by atoms with van der Waals surface area (Å²) in [6.45, 7) is 1.76. The van der Waals surface area contributed by atoms with Crippen molar-refractivity contribution in [3.8, 4) is 0 Å². The summed E-state index contributed by atoms with van der Waals surface area (Å²) in [6, 6.07) is 21.9. The number of nitrogens with one attached hydrogen (secondary N) is 2. The predicted molar refractivity (Wildman–Crippen MR) is 154 cm³/mol. The Balaban J connectivity index is 1.38. The largest absolute Gasteiger partial charge is 0.366 e. The van der Waals surface area contributed by atoms with Crippen LogP contribution in [0.15, 0.2) is 78.9 Å². The average molecular weight is 554 g/mol. The van der Waals surface area contributed by atoms with Crippen LogP contribution >= 0.6 is 0 Å². The Morgan fingerprint density at radius 1 is 0.976 bits per heavy atom. The van der Waals surface area contributed by atoms with Crippen molar-refractivity contribution in [3.05, 3.63) is 107 Å². The van der Waals surface area contributed by atoms with E-state index in [4.69, 9.17) is 11.5 Å². The van der Waals surface area contributed by atoms with Crippen LogP contribution in [0.4, 0.5) is 0 Å². The molecule has 5 rings (SSSR count). The molecule has 3 aromatic rings. The molecule has 0 bridgehead atoms. The number of fused-ring (bicyclic) bond motifs is 1. The predicted octanol–water partition coefficient (Wildman–Crippen LogP) is 2.16. The second kappa shape index (κ2) is 11.9. The number of rotatable bonds is 9. The molecule has 1 saturated heterocycles. The van der Waals surface area contributed by atoms with E-state index in [0.717, 1.165) is 24.0 Å². The van der Waals surface area contributed by atoms with Gasteiger partial charge in [0.15, 0.2) is 0 Å². The zero-order valence-electron chi connectivity index (χ0n) is 23.0. The lowest BCUT2D eigenvalue weighted by molar-refractivity contribution is -0.154. The highest BCUT2D eigenvalue weighted by molar-refractivity contribution is 5.94. The molecular formula is C32H35N5O4. The number of hydrogen-bond acceptors (Lipinski definition) is 5. The van der Waals surface area contributed by atoms with Crippen LogP contribution in [0.25, 0.3) is 0 Å². The Kier molecular flexibility index (Phi) is 8.16. The van der Waals surface area contributed by atoms with Crippen molar-refractivity contribution in [1.82, 2.24) is 15.5 Å². The Morgan fingerprint density at radius 2 is 1.71 bits per heavy atom. The molecule has 9 nitrogen and oxygen atoms in total. The highest BCUT2D eigenvalue weighted by Gasteiger charge is 2.49. The van der Waals surface area contributed by atoms with Gasteiger partial charge in [0, 0.05) is 18.5 Å². The molecule has 6 N–H and O–H groups in total. The number of primary amides is 1. The lowest BCUT2D eigenvalue weighted by Gasteiger charge is -2.49. The fourth-order valence-corrected chi connectivity index (χ4v) is 5.80. The Labute approximate surface area is 239 Å². The second-order valence-electron chi connectivity index (χ2n) is 10.9. The summed E-state index contributed by atoms with van der Waals surface area (Å²) in [5.74, 6) is -1.93. The molecule has 41 heavy (non-hydrogen) atoms. The molecule has 1 aliphatic carbocycles. The van der Waals surface area contributed by atoms with E-state index in [0.29, 0.717) is 11.1 Å². The van der Waals surface area contributed by atoms with E-state index in [1.54, 1.807) is 36.1 Å². The zero-order chi connectivity index (χ0) is 29.1. The lowest BCUT2D eigenvalue weighted by Crippen LogP contribution is -2.62. The maximum Gasteiger partial charge on any atom is 0.248 e. The first-order valence-electron chi connectivity index (χ1n) is 13.9. The average Bonchev–Trinajstić information content (AvgIpc) is 3.35. The molecule has 3 aromatic carbocycles. The third-order valence-corrected chi connectivity index (χ3v) is 8.00. The van der Waals surface area contributed by atoms with Crippen LogP contribution < -0.4 is 22.1 Å². The van der Waals surface area contributed by atoms with Crippen LogP contribution in [-0.4, -0.2) is 47.2 Å². The minimum atomic E-state index is -0.950. The molecule has 0 spiro atoms. The summed E-state index contributed by atoms with van der Waals surface area (Å²) in [5, 5.41) is 6.00. The first kappa shape index (κ1) is 28.0. The first-order valence-corrected chi connectivity index (χ1v) is 13.9. The summed E-state index contributed by atoms with van der Waals surface area (Å²) in [5.41, 5.74) is 15.4. The molecule has 2 aliphatic rings. The van der Waals surface area contributed by atoms with E-state index in [1.807, 2.05) is 42.5 Å². The number of carbonyl (C=O) groups excluding carboxylic acids is 4. The van der Waals surface area contributed by atoms with Gasteiger partial charge in [-0.25, -0.2) is 0 Å². The number of hydrogen-bond donors (Lipinski definition) is 4. The molecule has 5 atom stereocenters. The van der Waals surface area contributed by atoms with E-state index in [9.17, 15) is 19.2 Å². The number of aryl methyl sites for hydroxylation is 1. The van der Waals surface area contributed by atoms with E-state index < -0.39 is 35.9 Å². The maximum atomic E-state index is 14.0. The number of nitrogens with two attached hydrogens (primary N) is 2. The fraction of sp³-hybridized carbons (Fsp3) is 0.312. The van der Waals surface area contributed by atoms with Crippen LogP contribution in [0.5, 0.6) is 0 Å². The van der Waals surface area contributed by atoms with Crippen molar-refractivity contribution in [1.29, 1.82) is 0 Å². The lowest BCUT2D eigenvalue weighted by atomic mass is 9.81. The number of carbonyl (C=O) groups is 4. The molecule has 1 heterocycles. The van der Waals surface area contributed by atoms with Crippen LogP contribution in [0.3, 0.4) is 0 Å². The van der Waals surface area contributed by atoms with Crippen molar-refractivity contribution >= 4 is 23.6 Å². The Hall–Kier alpha value is -4.50. The van der Waals surface area contributed by atoms with Crippen LogP contribution in [-0.2, 0) is 27.2 Å². The quantitative estimate of drug-likeness (QED) is 0.321. The molecule has 1 fully saturated rings. The number of nitrogens with zero attached hydrogens (tertiary/aromatic N) is 1. The first-order chi connectivity index (χ1) is 19.7. The maximum absolute atomic E-state index is 14.0. The van der Waals surface area contributed by atoms with Crippen molar-refractivity contribution in [2.24, 2.45) is 17.4 Å². The molecule has 0 saturated carbocycles. The highest BCUT2D eigenvalue weighted by atomic mass is 16.2. The molecule has 2 unspecified atom stereocenters. The minimum Gasteiger partial charge on any atom is -0.366 e. The molecular weight excluding hydrogens is 518 g/mol. The van der Waals surface area contributed by atoms with Gasteiger partial charge in [-0.1, -0.05) is 66.7 Å². The summed E-state index contributed by atoms with van der Waals surface area (Å²) >= 11 is 0. The standard InChI is InChI=1S/C32H35N5O4/c1-19(33)30(39)36-27(17-20-8-7-12-23(16-20)29(34)38)32(41)37-18-25(28(37)22-10-3-2-4-11-22)31(40)35-26-15-14-21-9-5-6-13-24(21)26/h2-13,16,19,25-28H,14-15,17-18,33H2,1H3,(H2,34,38)(H,35,40)(H,36,39)/t19-,25?,26-,27-,28?/m0/s1. The summed E-state index contributed by atoms with van der Waals surface area (Å²) < 4.78 is 0. The molecule has 0 radical (unpaired) electrons. The van der Waals surface area contributed by atoms with Crippen molar-refractivity contribution in [3.63, 3.8) is 0 Å². The SMILES string of the molecule is C[C@H](N)C(=O)N[C@@H](Cc1cccc(C(N)=O)c1)C(=O)N1CC(C(=O)N[C@H]2CCc3ccccc32)C1c1ccccc1. The second-order valence-corrected chi connectivity index (χ2v) is 10.9. The van der Waals surface area contributed by atoms with Gasteiger partial charge < -0.3 is 27.0 Å². The van der Waals surface area contributed by atoms with Gasteiger partial charge in [0.1, 0.15) is 6.04 Å². The van der Waals surface area contributed by atoms with E-state index in [1.165, 1.54) is 5.56 Å². The third-order valence-electron chi connectivity index (χ3n) is 8.00. The van der Waals surface area contributed by atoms with Crippen LogP contribution in [0.1, 0.15) is 58.0 Å². The fourth-order valence-electron chi connectivity index (χ4n) is 5.80. The van der Waals surface area contributed by atoms with Gasteiger partial charge >= 0.3 is 0 Å². The topological polar surface area (TPSA) is 148 Å². The Bertz CT molecular complexity index is 1460. The van der Waals surface area contributed by atoms with Gasteiger partial charge in [-0.2, -0.15) is 0 Å². The summed E-state index contributed by atoms with van der Waals surface area (Å²) in [4.78, 5) is 53.6. The normalized spacial score (nSPS) is 20.7. The van der Waals surface area contributed by atoms with E-state index >= 15 is 0 Å². The molecule has 4 amide bonds. The minimum absolute atomic E-state index is 0.0597. The van der Waals surface area contributed by atoms with E-state index in [-0.39, 0.29) is 30.8 Å². The number of amides is 4. The van der Waals surface area contributed by atoms with E-state index in [2.05, 4.69) is 22.8 Å². The molecule has 1 aliphatic heterocycles. The molecule has 212 valence electrons. The van der Waals surface area contributed by atoms with Gasteiger partial charge in [-0.3, -0.25) is 19.2 Å². The third kappa shape index (κ3) is 6.00. The number of likely N-dealkylation sites (tertiary alicyclic amines) is 1. The molecule has 9 heteroatoms. The van der Waals surface area contributed by atoms with Gasteiger partial charge in [-0.05, 0) is 54.2 Å². The van der Waals surface area contributed by atoms with Gasteiger partial charge in [0.25, 0.3) is 0 Å². The summed E-state index contributed by atoms with van der Waals surface area (Å²) in [6.07, 6.45) is 1.88. The smallest absolute Gasteiger partial charge is 0.248 e. The molecule has 0 aromatic heterocycles. The van der Waals surface area contributed by atoms with Crippen LogP contribution in [0.2, 0.25) is 0 Å². The number of benzene rings is 3. The highest BCUT2D eigenvalue weighted by Crippen LogP contribution is 2.41. The van der Waals surface area contributed by atoms with Crippen molar-refractivity contribution in [2.75, 3.05) is 6.54 Å². The van der Waals surface area contributed by atoms with Crippen molar-refractivity contribution in [2.45, 2.75) is 50.4 Å². The Morgan fingerprint density at radius 3 is 2.44 bits per heavy atom. The monoisotopic (exact) mass is 553 g/mol. The van der Waals surface area contributed by atoms with Gasteiger partial charge in [0.05, 0.1) is 24.0 Å². The summed E-state index contributed by atoms with van der Waals surface area (Å²) in [7, 11) is 0.